The van der Waals surface area contributed by atoms with Gasteiger partial charge in [0.25, 0.3) is 0 Å². The van der Waals surface area contributed by atoms with Crippen LogP contribution in [0.15, 0.2) is 0 Å². The van der Waals surface area contributed by atoms with Gasteiger partial charge in [-0.05, 0) is 155 Å². The highest BCUT2D eigenvalue weighted by molar-refractivity contribution is 6.01. The molecular weight excluding hydrogens is 1890 g/mol. The molecule has 9 aliphatic rings. The van der Waals surface area contributed by atoms with Crippen LogP contribution in [0, 0.1) is 113 Å². The van der Waals surface area contributed by atoms with Crippen molar-refractivity contribution in [3.05, 3.63) is 0 Å². The van der Waals surface area contributed by atoms with E-state index in [-0.39, 0.29) is 113 Å². The summed E-state index contributed by atoms with van der Waals surface area (Å²) in [7, 11) is 10.1. The first-order chi connectivity index (χ1) is 67.1. The Bertz CT molecular complexity index is 4580. The van der Waals surface area contributed by atoms with E-state index in [1.165, 1.54) is 49.0 Å². The van der Waals surface area contributed by atoms with Crippen molar-refractivity contribution in [3.63, 3.8) is 0 Å². The van der Waals surface area contributed by atoms with Gasteiger partial charge in [-0.1, -0.05) is 105 Å². The molecule has 3 amide bonds. The predicted molar refractivity (Wildman–Crippen MR) is 542 cm³/mol. The molecule has 5 N–H and O–H groups in total. The number of alkyl carbamates (subject to hydrolysis) is 2. The summed E-state index contributed by atoms with van der Waals surface area (Å²) in [6, 6.07) is -3.14. The van der Waals surface area contributed by atoms with E-state index in [0.29, 0.717) is 64.6 Å². The maximum absolute atomic E-state index is 14.2. The van der Waals surface area contributed by atoms with Gasteiger partial charge in [0, 0.05) is 151 Å². The van der Waals surface area contributed by atoms with Crippen LogP contribution in [-0.2, 0) is 129 Å². The number of carbonyl (C=O) groups excluding carboxylic acids is 13. The van der Waals surface area contributed by atoms with Crippen LogP contribution < -0.4 is 16.0 Å². The van der Waals surface area contributed by atoms with Crippen LogP contribution in [0.4, 0.5) is 9.59 Å². The molecule has 9 rings (SSSR count). The molecule has 0 aromatic carbocycles. The quantitative estimate of drug-likeness (QED) is 0.0274. The Hall–Kier alpha value is -8.17. The molecule has 40 atom stereocenters. The summed E-state index contributed by atoms with van der Waals surface area (Å²) < 4.78 is 98.1. The van der Waals surface area contributed by atoms with Crippen LogP contribution in [0.3, 0.4) is 0 Å². The smallest absolute Gasteiger partial charge is 0.408 e. The minimum atomic E-state index is -1.37. The van der Waals surface area contributed by atoms with Crippen molar-refractivity contribution in [2.45, 2.75) is 441 Å². The number of methoxy groups -OCH3 is 3. The average Bonchev–Trinajstić information content (AvgIpc) is 1.58. The number of cyclic esters (lactones) is 3. The molecular formula is C109H178N6O31. The number of nitrogens with zero attached hydrogens (tertiary/aromatic N) is 3. The summed E-state index contributed by atoms with van der Waals surface area (Å²) in [5.41, 5.74) is -7.30. The van der Waals surface area contributed by atoms with E-state index in [1.807, 2.05) is 84.3 Å². The van der Waals surface area contributed by atoms with Crippen LogP contribution in [-0.4, -0.2) is 326 Å². The van der Waals surface area contributed by atoms with Crippen molar-refractivity contribution in [1.29, 1.82) is 0 Å². The van der Waals surface area contributed by atoms with E-state index >= 15 is 0 Å². The first-order valence-electron chi connectivity index (χ1n) is 51.4. The van der Waals surface area contributed by atoms with Crippen LogP contribution in [0.2, 0.25) is 0 Å². The normalized spacial score (nSPS) is 41.4. The van der Waals surface area contributed by atoms with E-state index in [9.17, 15) is 72.5 Å². The minimum absolute atomic E-state index is 0. The zero-order valence-corrected chi connectivity index (χ0v) is 91.3. The highest BCUT2D eigenvalue weighted by Crippen LogP contribution is 2.49. The number of aliphatic hydroxyl groups excluding tert-OH is 2. The number of nitrogens with one attached hydrogen (secondary N) is 3. The van der Waals surface area contributed by atoms with Gasteiger partial charge >= 0.3 is 42.0 Å². The lowest BCUT2D eigenvalue weighted by molar-refractivity contribution is -0.304. The van der Waals surface area contributed by atoms with Gasteiger partial charge in [0.15, 0.2) is 53.8 Å². The summed E-state index contributed by atoms with van der Waals surface area (Å²) >= 11 is 0. The van der Waals surface area contributed by atoms with Crippen molar-refractivity contribution >= 4 is 76.9 Å². The number of aliphatic hydroxyl groups is 2. The van der Waals surface area contributed by atoms with Gasteiger partial charge in [-0.25, -0.2) is 9.59 Å². The topological polar surface area (TPSA) is 456 Å². The van der Waals surface area contributed by atoms with Crippen LogP contribution in [0.5, 0.6) is 0 Å². The molecule has 37 heteroatoms. The van der Waals surface area contributed by atoms with Gasteiger partial charge < -0.3 is 102 Å². The summed E-state index contributed by atoms with van der Waals surface area (Å²) in [6.07, 6.45) is 5.67. The number of carbonyl (C=O) groups is 13. The molecule has 0 aliphatic carbocycles. The number of hydrogen-bond donors (Lipinski definition) is 5. The number of amides is 3. The molecule has 0 spiro atoms. The second kappa shape index (κ2) is 54.2. The maximum Gasteiger partial charge on any atom is 0.408 e. The highest BCUT2D eigenvalue weighted by atomic mass is 16.7. The van der Waals surface area contributed by atoms with E-state index in [2.05, 4.69) is 33.7 Å². The molecule has 146 heavy (non-hydrogen) atoms. The molecule has 9 saturated heterocycles. The summed E-state index contributed by atoms with van der Waals surface area (Å²) in [5.74, 6) is -6.97. The zero-order valence-electron chi connectivity index (χ0n) is 91.3. The van der Waals surface area contributed by atoms with E-state index in [4.69, 9.17) is 95.1 Å². The van der Waals surface area contributed by atoms with E-state index < -0.39 is 256 Å². The van der Waals surface area contributed by atoms with Gasteiger partial charge in [-0.15, -0.1) is 37.0 Å². The fourth-order valence-corrected chi connectivity index (χ4v) is 23.8. The number of esters is 5. The monoisotopic (exact) mass is 2070 g/mol. The molecule has 9 fully saturated rings. The lowest BCUT2D eigenvalue weighted by Gasteiger charge is -2.49. The fraction of sp³-hybridized carbons (Fsp3) is 0.826. The van der Waals surface area contributed by atoms with Crippen LogP contribution >= 0.6 is 0 Å². The molecule has 0 radical (unpaired) electrons. The Morgan fingerprint density at radius 3 is 1.08 bits per heavy atom. The second-order valence-electron chi connectivity index (χ2n) is 43.5. The van der Waals surface area contributed by atoms with Crippen molar-refractivity contribution < 1.29 is 148 Å². The maximum atomic E-state index is 14.2. The molecule has 0 aromatic heterocycles. The van der Waals surface area contributed by atoms with Crippen molar-refractivity contribution in [3.8, 4) is 37.0 Å². The molecule has 0 bridgehead atoms. The van der Waals surface area contributed by atoms with E-state index in [0.717, 1.165) is 0 Å². The van der Waals surface area contributed by atoms with Crippen LogP contribution in [0.25, 0.3) is 0 Å². The Labute approximate surface area is 868 Å². The Morgan fingerprint density at radius 2 is 0.733 bits per heavy atom. The number of rotatable bonds is 23. The molecule has 9 heterocycles. The van der Waals surface area contributed by atoms with Gasteiger partial charge in [0.2, 0.25) is 5.91 Å². The first-order valence-corrected chi connectivity index (χ1v) is 51.4. The average molecular weight is 2070 g/mol. The molecule has 0 saturated carbocycles. The minimum Gasteiger partial charge on any atom is -0.461 e. The van der Waals surface area contributed by atoms with Crippen molar-refractivity contribution in [2.24, 2.45) is 76.4 Å². The lowest BCUT2D eigenvalue weighted by Crippen LogP contribution is -2.61. The van der Waals surface area contributed by atoms with Gasteiger partial charge in [-0.2, -0.15) is 0 Å². The predicted octanol–water partition coefficient (Wildman–Crippen LogP) is 10.8. The Morgan fingerprint density at radius 1 is 0.418 bits per heavy atom. The number of Topliss-reactive ketones (excluding diaryl/α,β-unsaturated/α-hetero) is 5. The number of hydrogen-bond acceptors (Lipinski definition) is 34. The summed E-state index contributed by atoms with van der Waals surface area (Å²) in [5, 5.41) is 31.9. The molecule has 830 valence electrons. The largest absolute Gasteiger partial charge is 0.461 e. The Balaban J connectivity index is 0.000000383. The second-order valence-corrected chi connectivity index (χ2v) is 43.5. The Kier molecular flexibility index (Phi) is 47.6. The van der Waals surface area contributed by atoms with Crippen LogP contribution in [0.1, 0.15) is 278 Å². The number of terminal acetylenes is 3. The third-order valence-corrected chi connectivity index (χ3v) is 32.5. The number of fused-ring (bicyclic) bond motifs is 3. The third kappa shape index (κ3) is 29.2. The number of ether oxygens (including phenoxy) is 16. The van der Waals surface area contributed by atoms with E-state index in [1.54, 1.807) is 104 Å². The SMILES string of the molecule is C.C.C#CCCN(C)[C@H]1C[C@@H](C)O[C@@H](O[C@@H]2[C@@H](C)C(=O)[C@@H](C)C(=O)O[C@H](CC)[C@@]3(C)OC(=O)N[C@@H]3[C@@H](C)C(=O)[C@H](C)C[C@@]2(C)OC)[C@@H]1O.C#CCCN(C)[C@H]1C[C@@H](C)O[C@@H](O[C@@H]2[C@@H](C)C(=O)[C@@H](C)C(=O)O[C@H](CC)[C@@]3(C)OC(=O)N[C@@H]3[C@@H](C)C(=O)[C@H](C)C[C@@]2(C)OC)[C@@H]1OC(C)=O.C#CCCN(C)[C@H]1C[C@@H](C)O[C@@H](O[C@@H]2[C@@H](C)[C@H](O)[C@@H](C)C(=O)O[C@H](CC)[C@@]3(C)CC(=O)N[C@@H]3[C@@H](C)C(=O)[C@H](C)C[C@@]2(C)OC)[C@@H]1OC(C)=O. The lowest BCUT2D eigenvalue weighted by atomic mass is 9.68. The summed E-state index contributed by atoms with van der Waals surface area (Å²) in [4.78, 5) is 180. The standard InChI is InChI=1S/C37H60N2O10.C36H56N2O11.C34H54N2O10.2CH4/c1-13-15-16-39(11)26-17-21(4)46-35(31(26)47-25(8)40)49-33-23(6)30(43)24(7)34(44)48-27(14-2)36(9)19-28(41)38-32(36)22(5)29(42)20(3)18-37(33,10)45-12;1-13-15-16-38(11)25-17-20(4)45-33(29(25)46-24(8)39)48-31-22(6)28(41)23(7)32(42)47-26(14-2)36(10)30(37-34(43)49-36)21(5)27(40)19(3)18-35(31,9)44-12;1-12-14-15-36(10)23-16-19(4)43-31(27(23)39)45-29-21(6)26(38)22(7)30(40)44-24(13-2)34(9)28(35-32(41)46-34)20(5)25(37)18(3)17-33(29,8)42-11;;/h1,20-24,26-27,30-33,35,43H,14-19H2,2-12H3,(H,38,41);1,19-23,25-26,29-31,33H,14-18H2,2-12H3,(H,37,43);1,18-24,27-29,31,39H,13-17H2,2-11H3,(H,35,41);2*1H4/t20-,21-,22+,23+,24-,26+,27-,30+,31-,32-,33-,35+,36-,37-;19-,20-,21+,22+,23-,25+,26-,29-,30-,31-,33+,35-,36-;18-,19-,20+,21+,22-,23+,24-,27-,28-,29-,31+,33-,34-;;/m111../s1. The first kappa shape index (κ1) is 128. The molecule has 37 nitrogen and oxygen atoms in total. The van der Waals surface area contributed by atoms with Crippen molar-refractivity contribution in [2.75, 3.05) is 62.1 Å². The van der Waals surface area contributed by atoms with Gasteiger partial charge in [-0.3, -0.25) is 67.4 Å². The zero-order chi connectivity index (χ0) is 109. The highest BCUT2D eigenvalue weighted by Gasteiger charge is 2.63. The van der Waals surface area contributed by atoms with Gasteiger partial charge in [0.1, 0.15) is 53.6 Å². The number of ketones is 5. The summed E-state index contributed by atoms with van der Waals surface area (Å²) in [6.45, 7) is 46.0. The van der Waals surface area contributed by atoms with Crippen molar-refractivity contribution in [1.82, 2.24) is 30.7 Å². The fourth-order valence-electron chi connectivity index (χ4n) is 23.8. The van der Waals surface area contributed by atoms with Gasteiger partial charge in [0.05, 0.1) is 89.6 Å². The molecule has 0 aromatic rings. The number of likely N-dealkylation sites (N-methyl/N-ethyl adjacent to an activating group) is 3. The third-order valence-electron chi connectivity index (χ3n) is 32.5. The molecule has 0 unspecified atom stereocenters. The molecule has 9 aliphatic heterocycles.